The highest BCUT2D eigenvalue weighted by molar-refractivity contribution is 6.00. The third kappa shape index (κ3) is 3.72. The van der Waals surface area contributed by atoms with E-state index in [0.717, 1.165) is 24.1 Å². The number of ketones is 1. The van der Waals surface area contributed by atoms with Gasteiger partial charge in [-0.2, -0.15) is 0 Å². The topological polar surface area (TPSA) is 74.7 Å². The van der Waals surface area contributed by atoms with Gasteiger partial charge >= 0.3 is 5.97 Å². The van der Waals surface area contributed by atoms with Crippen molar-refractivity contribution in [3.63, 3.8) is 0 Å². The Morgan fingerprint density at radius 1 is 1.23 bits per heavy atom. The Balaban J connectivity index is 2.16. The second-order valence-corrected chi connectivity index (χ2v) is 5.52. The molecule has 2 rings (SSSR count). The molecule has 0 radical (unpaired) electrons. The summed E-state index contributed by atoms with van der Waals surface area (Å²) in [5.74, 6) is -0.895. The highest BCUT2D eigenvalue weighted by atomic mass is 16.4. The summed E-state index contributed by atoms with van der Waals surface area (Å²) >= 11 is 0. The van der Waals surface area contributed by atoms with Gasteiger partial charge in [0, 0.05) is 37.1 Å². The predicted molar refractivity (Wildman–Crippen MR) is 83.2 cm³/mol. The molecule has 0 atom stereocenters. The van der Waals surface area contributed by atoms with E-state index in [0.29, 0.717) is 24.9 Å². The van der Waals surface area contributed by atoms with Gasteiger partial charge in [-0.25, -0.2) is 0 Å². The van der Waals surface area contributed by atoms with Gasteiger partial charge in [0.1, 0.15) is 0 Å². The molecule has 0 aromatic heterocycles. The monoisotopic (exact) mass is 303 g/mol. The van der Waals surface area contributed by atoms with E-state index >= 15 is 0 Å². The van der Waals surface area contributed by atoms with Crippen molar-refractivity contribution in [2.45, 2.75) is 45.4 Å². The minimum absolute atomic E-state index is 0.00285. The molecule has 1 amide bonds. The first kappa shape index (κ1) is 16.2. The van der Waals surface area contributed by atoms with Gasteiger partial charge in [-0.15, -0.1) is 0 Å². The summed E-state index contributed by atoms with van der Waals surface area (Å²) in [7, 11) is 0. The number of carboxylic acids is 1. The highest BCUT2D eigenvalue weighted by Crippen LogP contribution is 2.29. The van der Waals surface area contributed by atoms with Crippen LogP contribution in [0, 0.1) is 0 Å². The molecule has 118 valence electrons. The predicted octanol–water partition coefficient (Wildman–Crippen LogP) is 2.81. The molecule has 0 saturated carbocycles. The smallest absolute Gasteiger partial charge is 0.303 e. The number of hydrogen-bond donors (Lipinski definition) is 1. The Hall–Kier alpha value is -2.17. The molecular formula is C17H21NO4. The number of carbonyl (C=O) groups is 3. The summed E-state index contributed by atoms with van der Waals surface area (Å²) in [6.45, 7) is 2.52. The van der Waals surface area contributed by atoms with E-state index in [9.17, 15) is 14.4 Å². The van der Waals surface area contributed by atoms with Crippen LogP contribution in [0.1, 0.15) is 54.9 Å². The van der Waals surface area contributed by atoms with Crippen molar-refractivity contribution in [2.24, 2.45) is 0 Å². The molecular weight excluding hydrogens is 282 g/mol. The number of amides is 1. The number of aliphatic carboxylic acids is 1. The summed E-state index contributed by atoms with van der Waals surface area (Å²) in [5.41, 5.74) is 2.48. The van der Waals surface area contributed by atoms with Crippen molar-refractivity contribution in [2.75, 3.05) is 11.4 Å². The number of aryl methyl sites for hydroxylation is 1. The van der Waals surface area contributed by atoms with Gasteiger partial charge in [0.2, 0.25) is 5.91 Å². The molecule has 1 aromatic carbocycles. The van der Waals surface area contributed by atoms with Crippen LogP contribution in [0.5, 0.6) is 0 Å². The van der Waals surface area contributed by atoms with E-state index in [1.807, 2.05) is 13.0 Å². The van der Waals surface area contributed by atoms with Crippen LogP contribution in [0.2, 0.25) is 0 Å². The number of benzene rings is 1. The quantitative estimate of drug-likeness (QED) is 0.820. The van der Waals surface area contributed by atoms with Gasteiger partial charge in [0.25, 0.3) is 0 Å². The van der Waals surface area contributed by atoms with Gasteiger partial charge < -0.3 is 10.0 Å². The first-order chi connectivity index (χ1) is 10.5. The van der Waals surface area contributed by atoms with Crippen LogP contribution in [-0.4, -0.2) is 29.3 Å². The number of carbonyl (C=O) groups excluding carboxylic acids is 2. The van der Waals surface area contributed by atoms with Gasteiger partial charge in [-0.05, 0) is 30.9 Å². The zero-order valence-electron chi connectivity index (χ0n) is 12.8. The van der Waals surface area contributed by atoms with Gasteiger partial charge in [-0.1, -0.05) is 19.1 Å². The minimum Gasteiger partial charge on any atom is -0.481 e. The van der Waals surface area contributed by atoms with E-state index in [4.69, 9.17) is 5.11 Å². The molecule has 0 unspecified atom stereocenters. The van der Waals surface area contributed by atoms with E-state index in [1.165, 1.54) is 0 Å². The molecule has 0 fully saturated rings. The van der Waals surface area contributed by atoms with Crippen molar-refractivity contribution >= 4 is 23.3 Å². The second-order valence-electron chi connectivity index (χ2n) is 5.52. The number of Topliss-reactive ketones (excluding diaryl/α,β-unsaturated/α-hetero) is 1. The maximum absolute atomic E-state index is 12.2. The lowest BCUT2D eigenvalue weighted by Gasteiger charge is -2.29. The average molecular weight is 303 g/mol. The summed E-state index contributed by atoms with van der Waals surface area (Å²) in [6, 6.07) is 5.47. The first-order valence-corrected chi connectivity index (χ1v) is 7.71. The van der Waals surface area contributed by atoms with Crippen molar-refractivity contribution in [1.82, 2.24) is 0 Å². The van der Waals surface area contributed by atoms with Crippen LogP contribution >= 0.6 is 0 Å². The SMILES string of the molecule is CCC(=O)N1CCCc2ccc(C(=O)CCCC(=O)O)cc21. The molecule has 5 nitrogen and oxygen atoms in total. The first-order valence-electron chi connectivity index (χ1n) is 7.71. The van der Waals surface area contributed by atoms with Gasteiger partial charge in [-0.3, -0.25) is 14.4 Å². The zero-order chi connectivity index (χ0) is 16.1. The van der Waals surface area contributed by atoms with Crippen molar-refractivity contribution < 1.29 is 19.5 Å². The van der Waals surface area contributed by atoms with E-state index in [-0.39, 0.29) is 24.5 Å². The minimum atomic E-state index is -0.891. The largest absolute Gasteiger partial charge is 0.481 e. The Bertz CT molecular complexity index is 594. The van der Waals surface area contributed by atoms with Crippen LogP contribution in [0.15, 0.2) is 18.2 Å². The fourth-order valence-electron chi connectivity index (χ4n) is 2.74. The standard InChI is InChI=1S/C17H21NO4/c1-2-16(20)18-10-4-5-12-8-9-13(11-14(12)18)15(19)6-3-7-17(21)22/h8-9,11H,2-7,10H2,1H3,(H,21,22). The van der Waals surface area contributed by atoms with Crippen LogP contribution in [0.3, 0.4) is 0 Å². The Labute approximate surface area is 129 Å². The second kappa shape index (κ2) is 7.20. The zero-order valence-corrected chi connectivity index (χ0v) is 12.8. The number of rotatable bonds is 6. The van der Waals surface area contributed by atoms with E-state index in [1.54, 1.807) is 17.0 Å². The fraction of sp³-hybridized carbons (Fsp3) is 0.471. The highest BCUT2D eigenvalue weighted by Gasteiger charge is 2.22. The molecule has 0 saturated heterocycles. The van der Waals surface area contributed by atoms with E-state index in [2.05, 4.69) is 0 Å². The van der Waals surface area contributed by atoms with Crippen LogP contribution < -0.4 is 4.90 Å². The van der Waals surface area contributed by atoms with Crippen LogP contribution in [0.4, 0.5) is 5.69 Å². The van der Waals surface area contributed by atoms with E-state index < -0.39 is 5.97 Å². The fourth-order valence-corrected chi connectivity index (χ4v) is 2.74. The van der Waals surface area contributed by atoms with Crippen molar-refractivity contribution in [1.29, 1.82) is 0 Å². The number of nitrogens with zero attached hydrogens (tertiary/aromatic N) is 1. The van der Waals surface area contributed by atoms with Gasteiger partial charge in [0.15, 0.2) is 5.78 Å². The lowest BCUT2D eigenvalue weighted by molar-refractivity contribution is -0.137. The molecule has 0 aliphatic carbocycles. The molecule has 1 N–H and O–H groups in total. The molecule has 0 bridgehead atoms. The Kier molecular flexibility index (Phi) is 5.31. The van der Waals surface area contributed by atoms with Crippen LogP contribution in [-0.2, 0) is 16.0 Å². The lowest BCUT2D eigenvalue weighted by Crippen LogP contribution is -2.35. The molecule has 1 heterocycles. The molecule has 5 heteroatoms. The number of hydrogen-bond acceptors (Lipinski definition) is 3. The molecule has 1 aromatic rings. The summed E-state index contributed by atoms with van der Waals surface area (Å²) in [5, 5.41) is 8.62. The number of anilines is 1. The Morgan fingerprint density at radius 3 is 2.68 bits per heavy atom. The Morgan fingerprint density at radius 2 is 2.00 bits per heavy atom. The third-order valence-corrected chi connectivity index (χ3v) is 3.92. The molecule has 22 heavy (non-hydrogen) atoms. The molecule has 0 spiro atoms. The summed E-state index contributed by atoms with van der Waals surface area (Å²) in [4.78, 5) is 36.5. The van der Waals surface area contributed by atoms with Gasteiger partial charge in [0.05, 0.1) is 0 Å². The average Bonchev–Trinajstić information content (AvgIpc) is 2.52. The maximum atomic E-state index is 12.2. The normalized spacial score (nSPS) is 13.6. The maximum Gasteiger partial charge on any atom is 0.303 e. The molecule has 1 aliphatic heterocycles. The van der Waals surface area contributed by atoms with Crippen LogP contribution in [0.25, 0.3) is 0 Å². The molecule has 1 aliphatic rings. The number of fused-ring (bicyclic) bond motifs is 1. The number of carboxylic acid groups (broad SMARTS) is 1. The lowest BCUT2D eigenvalue weighted by atomic mass is 9.96. The summed E-state index contributed by atoms with van der Waals surface area (Å²) in [6.07, 6.45) is 2.84. The third-order valence-electron chi connectivity index (χ3n) is 3.92. The van der Waals surface area contributed by atoms with Crippen molar-refractivity contribution in [3.8, 4) is 0 Å². The van der Waals surface area contributed by atoms with Crippen molar-refractivity contribution in [3.05, 3.63) is 29.3 Å². The summed E-state index contributed by atoms with van der Waals surface area (Å²) < 4.78 is 0.